The highest BCUT2D eigenvalue weighted by molar-refractivity contribution is 5.33. The average molecular weight is 299 g/mol. The van der Waals surface area contributed by atoms with E-state index in [2.05, 4.69) is 53.2 Å². The molecule has 22 heavy (non-hydrogen) atoms. The minimum atomic E-state index is -0.263. The van der Waals surface area contributed by atoms with Gasteiger partial charge >= 0.3 is 0 Å². The first-order chi connectivity index (χ1) is 10.5. The first-order valence-corrected chi connectivity index (χ1v) is 7.99. The average Bonchev–Trinajstić information content (AvgIpc) is 3.01. The minimum Gasteiger partial charge on any atom is -0.391 e. The van der Waals surface area contributed by atoms with Crippen molar-refractivity contribution in [1.82, 2.24) is 15.1 Å². The summed E-state index contributed by atoms with van der Waals surface area (Å²) in [6.07, 6.45) is 0.579. The summed E-state index contributed by atoms with van der Waals surface area (Å²) in [5.41, 5.74) is 6.19. The highest BCUT2D eigenvalue weighted by Crippen LogP contribution is 2.24. The van der Waals surface area contributed by atoms with Crippen LogP contribution < -0.4 is 0 Å². The Labute approximate surface area is 132 Å². The van der Waals surface area contributed by atoms with Crippen LogP contribution >= 0.6 is 0 Å². The summed E-state index contributed by atoms with van der Waals surface area (Å²) in [6, 6.07) is 8.51. The second-order valence-corrected chi connectivity index (χ2v) is 6.64. The van der Waals surface area contributed by atoms with Crippen molar-refractivity contribution in [1.29, 1.82) is 0 Å². The van der Waals surface area contributed by atoms with Crippen LogP contribution in [-0.4, -0.2) is 39.4 Å². The number of hydrogen-bond acceptors (Lipinski definition) is 3. The zero-order valence-electron chi connectivity index (χ0n) is 13.6. The number of aliphatic hydroxyl groups is 1. The molecule has 0 bridgehead atoms. The molecule has 118 valence electrons. The van der Waals surface area contributed by atoms with Crippen LogP contribution in [0.3, 0.4) is 0 Å². The van der Waals surface area contributed by atoms with E-state index in [0.29, 0.717) is 0 Å². The molecule has 0 spiro atoms. The number of aromatic amines is 1. The Hall–Kier alpha value is -1.65. The number of likely N-dealkylation sites (tertiary alicyclic amines) is 1. The van der Waals surface area contributed by atoms with Gasteiger partial charge in [0.25, 0.3) is 0 Å². The van der Waals surface area contributed by atoms with Crippen LogP contribution in [0.5, 0.6) is 0 Å². The summed E-state index contributed by atoms with van der Waals surface area (Å²) in [4.78, 5) is 2.37. The molecule has 1 fully saturated rings. The van der Waals surface area contributed by atoms with Gasteiger partial charge in [0, 0.05) is 31.2 Å². The van der Waals surface area contributed by atoms with Gasteiger partial charge in [-0.2, -0.15) is 5.10 Å². The Bertz CT molecular complexity index is 629. The maximum Gasteiger partial charge on any atom is 0.0711 e. The molecule has 2 atom stereocenters. The predicted octanol–water partition coefficient (Wildman–Crippen LogP) is 2.37. The van der Waals surface area contributed by atoms with Gasteiger partial charge in [0.2, 0.25) is 0 Å². The molecule has 0 saturated carbocycles. The monoisotopic (exact) mass is 299 g/mol. The van der Waals surface area contributed by atoms with E-state index in [0.717, 1.165) is 37.4 Å². The number of hydrogen-bond donors (Lipinski definition) is 2. The van der Waals surface area contributed by atoms with Crippen LogP contribution in [0.2, 0.25) is 0 Å². The van der Waals surface area contributed by atoms with Gasteiger partial charge in [0.05, 0.1) is 11.8 Å². The molecule has 1 aromatic heterocycles. The van der Waals surface area contributed by atoms with E-state index >= 15 is 0 Å². The van der Waals surface area contributed by atoms with Crippen molar-refractivity contribution in [3.05, 3.63) is 52.3 Å². The van der Waals surface area contributed by atoms with Crippen molar-refractivity contribution < 1.29 is 5.11 Å². The molecule has 2 N–H and O–H groups in total. The second-order valence-electron chi connectivity index (χ2n) is 6.64. The zero-order valence-corrected chi connectivity index (χ0v) is 13.6. The number of aliphatic hydroxyl groups excluding tert-OH is 1. The van der Waals surface area contributed by atoms with Gasteiger partial charge in [-0.05, 0) is 49.9 Å². The van der Waals surface area contributed by atoms with Gasteiger partial charge in [0.15, 0.2) is 0 Å². The van der Waals surface area contributed by atoms with E-state index in [1.807, 2.05) is 6.92 Å². The molecule has 1 aromatic carbocycles. The normalized spacial score (nSPS) is 22.4. The summed E-state index contributed by atoms with van der Waals surface area (Å²) in [6.45, 7) is 8.95. The molecule has 4 nitrogen and oxygen atoms in total. The third-order valence-electron chi connectivity index (χ3n) is 4.74. The van der Waals surface area contributed by atoms with Crippen LogP contribution in [0.4, 0.5) is 0 Å². The van der Waals surface area contributed by atoms with Gasteiger partial charge in [-0.15, -0.1) is 0 Å². The third kappa shape index (κ3) is 3.23. The molecule has 1 saturated heterocycles. The topological polar surface area (TPSA) is 52.1 Å². The maximum atomic E-state index is 10.4. The summed E-state index contributed by atoms with van der Waals surface area (Å²) in [7, 11) is 0. The molecular weight excluding hydrogens is 274 g/mol. The Kier molecular flexibility index (Phi) is 4.32. The highest BCUT2D eigenvalue weighted by Gasteiger charge is 2.32. The third-order valence-corrected chi connectivity index (χ3v) is 4.74. The Balaban J connectivity index is 1.65. The molecule has 3 rings (SSSR count). The van der Waals surface area contributed by atoms with Crippen LogP contribution in [0.25, 0.3) is 0 Å². The molecule has 1 aliphatic heterocycles. The quantitative estimate of drug-likeness (QED) is 0.911. The summed E-state index contributed by atoms with van der Waals surface area (Å²) in [5, 5.41) is 17.6. The fourth-order valence-electron chi connectivity index (χ4n) is 3.44. The maximum absolute atomic E-state index is 10.4. The first kappa shape index (κ1) is 15.3. The number of aromatic nitrogens is 2. The van der Waals surface area contributed by atoms with Crippen molar-refractivity contribution in [3.63, 3.8) is 0 Å². The van der Waals surface area contributed by atoms with E-state index in [4.69, 9.17) is 0 Å². The predicted molar refractivity (Wildman–Crippen MR) is 87.7 cm³/mol. The van der Waals surface area contributed by atoms with E-state index in [-0.39, 0.29) is 12.0 Å². The molecule has 0 unspecified atom stereocenters. The molecule has 1 aliphatic rings. The Morgan fingerprint density at radius 3 is 2.59 bits per heavy atom. The van der Waals surface area contributed by atoms with Gasteiger partial charge in [-0.3, -0.25) is 10.00 Å². The van der Waals surface area contributed by atoms with Crippen molar-refractivity contribution in [3.8, 4) is 0 Å². The number of aryl methyl sites for hydroxylation is 3. The van der Waals surface area contributed by atoms with Gasteiger partial charge < -0.3 is 5.11 Å². The molecule has 2 heterocycles. The number of benzene rings is 1. The van der Waals surface area contributed by atoms with Crippen LogP contribution in [0.1, 0.15) is 28.1 Å². The van der Waals surface area contributed by atoms with E-state index in [1.165, 1.54) is 16.7 Å². The lowest BCUT2D eigenvalue weighted by atomic mass is 10.00. The number of β-amino-alcohol motifs (C(OH)–C–C–N with tert-alkyl or cyclic N) is 1. The summed E-state index contributed by atoms with van der Waals surface area (Å²) in [5.74, 6) is 0.270. The van der Waals surface area contributed by atoms with Crippen molar-refractivity contribution in [2.75, 3.05) is 13.1 Å². The molecular formula is C18H25N3O. The smallest absolute Gasteiger partial charge is 0.0711 e. The van der Waals surface area contributed by atoms with E-state index in [1.54, 1.807) is 0 Å². The van der Waals surface area contributed by atoms with Crippen molar-refractivity contribution >= 4 is 0 Å². The number of nitrogens with zero attached hydrogens (tertiary/aromatic N) is 2. The van der Waals surface area contributed by atoms with E-state index in [9.17, 15) is 5.11 Å². The van der Waals surface area contributed by atoms with Crippen LogP contribution in [0, 0.1) is 26.7 Å². The summed E-state index contributed by atoms with van der Waals surface area (Å²) < 4.78 is 0. The first-order valence-electron chi connectivity index (χ1n) is 7.99. The fraction of sp³-hybridized carbons (Fsp3) is 0.500. The molecule has 0 radical (unpaired) electrons. The molecule has 0 amide bonds. The number of rotatable bonds is 4. The molecule has 4 heteroatoms. The lowest BCUT2D eigenvalue weighted by Gasteiger charge is -2.18. The Morgan fingerprint density at radius 1 is 1.23 bits per heavy atom. The molecule has 2 aromatic rings. The fourth-order valence-corrected chi connectivity index (χ4v) is 3.44. The van der Waals surface area contributed by atoms with Crippen LogP contribution in [0.15, 0.2) is 24.3 Å². The lowest BCUT2D eigenvalue weighted by Crippen LogP contribution is -2.22. The van der Waals surface area contributed by atoms with Gasteiger partial charge in [-0.25, -0.2) is 0 Å². The van der Waals surface area contributed by atoms with Gasteiger partial charge in [-0.1, -0.05) is 18.2 Å². The lowest BCUT2D eigenvalue weighted by molar-refractivity contribution is 0.140. The minimum absolute atomic E-state index is 0.263. The zero-order chi connectivity index (χ0) is 15.7. The second kappa shape index (κ2) is 6.23. The Morgan fingerprint density at radius 2 is 1.95 bits per heavy atom. The summed E-state index contributed by atoms with van der Waals surface area (Å²) >= 11 is 0. The van der Waals surface area contributed by atoms with E-state index < -0.39 is 0 Å². The van der Waals surface area contributed by atoms with Crippen molar-refractivity contribution in [2.24, 2.45) is 5.92 Å². The number of H-pyrrole nitrogens is 1. The standard InChI is InChI=1S/C18H25N3O/c1-12-5-4-6-13(2)17(12)10-21-9-15(18(22)11-21)8-16-7-14(3)19-20-16/h4-7,15,18,22H,8-11H2,1-3H3,(H,19,20)/t15-,18-/m1/s1. The van der Waals surface area contributed by atoms with Crippen molar-refractivity contribution in [2.45, 2.75) is 39.8 Å². The van der Waals surface area contributed by atoms with Gasteiger partial charge in [0.1, 0.15) is 0 Å². The largest absolute Gasteiger partial charge is 0.391 e. The highest BCUT2D eigenvalue weighted by atomic mass is 16.3. The SMILES string of the molecule is Cc1cc(C[C@@H]2CN(Cc3c(C)cccc3C)C[C@H]2O)n[nH]1. The molecule has 0 aliphatic carbocycles. The number of nitrogens with one attached hydrogen (secondary N) is 1. The van der Waals surface area contributed by atoms with Crippen LogP contribution in [-0.2, 0) is 13.0 Å².